The molecule has 1 aromatic carbocycles. The molecule has 1 aromatic rings. The minimum absolute atomic E-state index is 0.129. The van der Waals surface area contributed by atoms with Gasteiger partial charge in [0.05, 0.1) is 6.04 Å². The highest BCUT2D eigenvalue weighted by Gasteiger charge is 2.13. The van der Waals surface area contributed by atoms with Gasteiger partial charge >= 0.3 is 0 Å². The molecule has 3 nitrogen and oxygen atoms in total. The number of nitrogens with two attached hydrogens (primary N) is 1. The van der Waals surface area contributed by atoms with E-state index in [4.69, 9.17) is 5.73 Å². The van der Waals surface area contributed by atoms with Crippen molar-refractivity contribution in [2.24, 2.45) is 5.73 Å². The Hall–Kier alpha value is -1.35. The second kappa shape index (κ2) is 4.66. The fraction of sp³-hybridized carbons (Fsp3) is 0.462. The molecule has 16 heavy (non-hydrogen) atoms. The molecule has 0 fully saturated rings. The van der Waals surface area contributed by atoms with E-state index in [1.54, 1.807) is 6.92 Å². The molecule has 0 unspecified atom stereocenters. The third-order valence-electron chi connectivity index (χ3n) is 2.43. The lowest BCUT2D eigenvalue weighted by atomic mass is 9.87. The van der Waals surface area contributed by atoms with E-state index in [1.165, 1.54) is 5.56 Å². The van der Waals surface area contributed by atoms with Crippen LogP contribution in [0.3, 0.4) is 0 Å². The maximum atomic E-state index is 11.4. The molecule has 0 bridgehead atoms. The van der Waals surface area contributed by atoms with Crippen LogP contribution in [-0.4, -0.2) is 11.9 Å². The first-order valence-corrected chi connectivity index (χ1v) is 5.47. The van der Waals surface area contributed by atoms with Crippen molar-refractivity contribution in [1.29, 1.82) is 0 Å². The molecular formula is C13H20N2O. The summed E-state index contributed by atoms with van der Waals surface area (Å²) in [6.07, 6.45) is 0. The number of amides is 1. The maximum absolute atomic E-state index is 11.4. The summed E-state index contributed by atoms with van der Waals surface area (Å²) in [5, 5.41) is 2.76. The van der Waals surface area contributed by atoms with Crippen LogP contribution < -0.4 is 11.1 Å². The molecule has 1 atom stereocenters. The van der Waals surface area contributed by atoms with Gasteiger partial charge in [-0.25, -0.2) is 0 Å². The van der Waals surface area contributed by atoms with Crippen molar-refractivity contribution in [1.82, 2.24) is 0 Å². The second-order valence-electron chi connectivity index (χ2n) is 5.11. The average Bonchev–Trinajstić information content (AvgIpc) is 2.17. The number of carbonyl (C=O) groups excluding carboxylic acids is 1. The highest BCUT2D eigenvalue weighted by Crippen LogP contribution is 2.23. The molecule has 0 heterocycles. The number of rotatable bonds is 2. The lowest BCUT2D eigenvalue weighted by Gasteiger charge is -2.19. The number of hydrogen-bond acceptors (Lipinski definition) is 2. The Morgan fingerprint density at radius 3 is 2.12 bits per heavy atom. The van der Waals surface area contributed by atoms with Crippen LogP contribution in [0.2, 0.25) is 0 Å². The Morgan fingerprint density at radius 2 is 1.75 bits per heavy atom. The van der Waals surface area contributed by atoms with Crippen molar-refractivity contribution in [3.05, 3.63) is 29.8 Å². The van der Waals surface area contributed by atoms with Crippen LogP contribution in [0.15, 0.2) is 24.3 Å². The third-order valence-corrected chi connectivity index (χ3v) is 2.43. The van der Waals surface area contributed by atoms with Crippen LogP contribution in [0.25, 0.3) is 0 Å². The maximum Gasteiger partial charge on any atom is 0.240 e. The van der Waals surface area contributed by atoms with Gasteiger partial charge in [-0.15, -0.1) is 0 Å². The molecule has 0 radical (unpaired) electrons. The van der Waals surface area contributed by atoms with E-state index in [0.717, 1.165) is 5.69 Å². The first kappa shape index (κ1) is 12.7. The summed E-state index contributed by atoms with van der Waals surface area (Å²) in [5.74, 6) is -0.163. The second-order valence-corrected chi connectivity index (χ2v) is 5.11. The lowest BCUT2D eigenvalue weighted by molar-refractivity contribution is -0.117. The summed E-state index contributed by atoms with van der Waals surface area (Å²) in [7, 11) is 0. The molecule has 0 aromatic heterocycles. The number of hydrogen-bond donors (Lipinski definition) is 2. The Labute approximate surface area is 97.0 Å². The van der Waals surface area contributed by atoms with Gasteiger partial charge in [-0.05, 0) is 30.0 Å². The van der Waals surface area contributed by atoms with E-state index in [1.807, 2.05) is 24.3 Å². The molecule has 0 aliphatic rings. The summed E-state index contributed by atoms with van der Waals surface area (Å²) < 4.78 is 0. The molecule has 0 saturated heterocycles. The number of nitrogens with one attached hydrogen (secondary N) is 1. The summed E-state index contributed by atoms with van der Waals surface area (Å²) in [6.45, 7) is 8.13. The van der Waals surface area contributed by atoms with Gasteiger partial charge in [0.25, 0.3) is 0 Å². The zero-order valence-electron chi connectivity index (χ0n) is 10.4. The van der Waals surface area contributed by atoms with Crippen molar-refractivity contribution in [3.8, 4) is 0 Å². The first-order valence-electron chi connectivity index (χ1n) is 5.47. The van der Waals surface area contributed by atoms with Crippen LogP contribution in [0.1, 0.15) is 33.3 Å². The SMILES string of the molecule is C[C@@H](N)C(=O)Nc1ccc(C(C)(C)C)cc1. The Kier molecular flexibility index (Phi) is 3.70. The van der Waals surface area contributed by atoms with E-state index in [2.05, 4.69) is 26.1 Å². The quantitative estimate of drug-likeness (QED) is 0.803. The normalized spacial score (nSPS) is 13.3. The Morgan fingerprint density at radius 1 is 1.25 bits per heavy atom. The van der Waals surface area contributed by atoms with E-state index in [9.17, 15) is 4.79 Å². The number of carbonyl (C=O) groups is 1. The van der Waals surface area contributed by atoms with Gasteiger partial charge < -0.3 is 11.1 Å². The van der Waals surface area contributed by atoms with Crippen LogP contribution in [0.4, 0.5) is 5.69 Å². The van der Waals surface area contributed by atoms with Gasteiger partial charge in [0, 0.05) is 5.69 Å². The predicted octanol–water partition coefficient (Wildman–Crippen LogP) is 2.27. The molecule has 0 saturated carbocycles. The Balaban J connectivity index is 2.76. The van der Waals surface area contributed by atoms with Gasteiger partial charge in [0.1, 0.15) is 0 Å². The average molecular weight is 220 g/mol. The standard InChI is InChI=1S/C13H20N2O/c1-9(14)12(16)15-11-7-5-10(6-8-11)13(2,3)4/h5-9H,14H2,1-4H3,(H,15,16)/t9-/m1/s1. The monoisotopic (exact) mass is 220 g/mol. The lowest BCUT2D eigenvalue weighted by Crippen LogP contribution is -2.32. The number of benzene rings is 1. The van der Waals surface area contributed by atoms with Crippen LogP contribution >= 0.6 is 0 Å². The van der Waals surface area contributed by atoms with Gasteiger partial charge in [-0.2, -0.15) is 0 Å². The minimum atomic E-state index is -0.484. The summed E-state index contributed by atoms with van der Waals surface area (Å²) in [4.78, 5) is 11.4. The van der Waals surface area contributed by atoms with E-state index >= 15 is 0 Å². The molecule has 3 heteroatoms. The molecule has 0 aliphatic heterocycles. The van der Waals surface area contributed by atoms with Crippen molar-refractivity contribution >= 4 is 11.6 Å². The van der Waals surface area contributed by atoms with Gasteiger partial charge in [-0.1, -0.05) is 32.9 Å². The minimum Gasteiger partial charge on any atom is -0.325 e. The molecule has 88 valence electrons. The largest absolute Gasteiger partial charge is 0.325 e. The van der Waals surface area contributed by atoms with Gasteiger partial charge in [0.15, 0.2) is 0 Å². The zero-order valence-corrected chi connectivity index (χ0v) is 10.4. The Bertz CT molecular complexity index is 361. The summed E-state index contributed by atoms with van der Waals surface area (Å²) in [6, 6.07) is 7.37. The van der Waals surface area contributed by atoms with E-state index in [0.29, 0.717) is 0 Å². The molecule has 1 amide bonds. The molecular weight excluding hydrogens is 200 g/mol. The van der Waals surface area contributed by atoms with E-state index < -0.39 is 6.04 Å². The fourth-order valence-electron chi connectivity index (χ4n) is 1.31. The van der Waals surface area contributed by atoms with Crippen LogP contribution in [-0.2, 0) is 10.2 Å². The molecule has 1 rings (SSSR count). The third kappa shape index (κ3) is 3.35. The van der Waals surface area contributed by atoms with Crippen LogP contribution in [0.5, 0.6) is 0 Å². The van der Waals surface area contributed by atoms with Crippen molar-refractivity contribution in [2.75, 3.05) is 5.32 Å². The zero-order chi connectivity index (χ0) is 12.3. The highest BCUT2D eigenvalue weighted by molar-refractivity contribution is 5.94. The fourth-order valence-corrected chi connectivity index (χ4v) is 1.31. The summed E-state index contributed by atoms with van der Waals surface area (Å²) >= 11 is 0. The topological polar surface area (TPSA) is 55.1 Å². The summed E-state index contributed by atoms with van der Waals surface area (Å²) in [5.41, 5.74) is 7.63. The highest BCUT2D eigenvalue weighted by atomic mass is 16.2. The molecule has 0 aliphatic carbocycles. The first-order chi connectivity index (χ1) is 7.30. The van der Waals surface area contributed by atoms with Gasteiger partial charge in [-0.3, -0.25) is 4.79 Å². The number of anilines is 1. The molecule has 0 spiro atoms. The predicted molar refractivity (Wildman–Crippen MR) is 67.4 cm³/mol. The van der Waals surface area contributed by atoms with Crippen LogP contribution in [0, 0.1) is 0 Å². The van der Waals surface area contributed by atoms with Crippen molar-refractivity contribution in [2.45, 2.75) is 39.2 Å². The molecule has 3 N–H and O–H groups in total. The van der Waals surface area contributed by atoms with Gasteiger partial charge in [0.2, 0.25) is 5.91 Å². The van der Waals surface area contributed by atoms with E-state index in [-0.39, 0.29) is 11.3 Å². The smallest absolute Gasteiger partial charge is 0.240 e. The van der Waals surface area contributed by atoms with Crippen molar-refractivity contribution < 1.29 is 4.79 Å². The van der Waals surface area contributed by atoms with Crippen molar-refractivity contribution in [3.63, 3.8) is 0 Å².